The van der Waals surface area contributed by atoms with Crippen molar-refractivity contribution in [2.24, 2.45) is 0 Å². The van der Waals surface area contributed by atoms with Crippen LogP contribution < -0.4 is 5.32 Å². The Kier molecular flexibility index (Phi) is 6.94. The van der Waals surface area contributed by atoms with Crippen LogP contribution in [-0.2, 0) is 6.54 Å². The molecule has 1 saturated heterocycles. The highest BCUT2D eigenvalue weighted by molar-refractivity contribution is 5.85. The van der Waals surface area contributed by atoms with Crippen molar-refractivity contribution in [3.05, 3.63) is 65.6 Å². The van der Waals surface area contributed by atoms with E-state index < -0.39 is 0 Å². The van der Waals surface area contributed by atoms with Crippen molar-refractivity contribution in [3.63, 3.8) is 0 Å². The maximum atomic E-state index is 13.5. The fourth-order valence-electron chi connectivity index (χ4n) is 3.17. The van der Waals surface area contributed by atoms with Crippen molar-refractivity contribution < 1.29 is 13.2 Å². The predicted molar refractivity (Wildman–Crippen MR) is 101 cm³/mol. The van der Waals surface area contributed by atoms with Crippen molar-refractivity contribution in [3.8, 4) is 0 Å². The molecule has 1 atom stereocenters. The zero-order valence-corrected chi connectivity index (χ0v) is 15.5. The maximum absolute atomic E-state index is 13.5. The molecule has 4 rings (SSSR count). The summed E-state index contributed by atoms with van der Waals surface area (Å²) < 4.78 is 32.5. The van der Waals surface area contributed by atoms with Gasteiger partial charge in [0.05, 0.1) is 6.54 Å². The number of hydrogen-bond acceptors (Lipinski definition) is 4. The summed E-state index contributed by atoms with van der Waals surface area (Å²) in [6, 6.07) is 11.0. The van der Waals surface area contributed by atoms with Gasteiger partial charge in [-0.2, -0.15) is 0 Å². The number of nitrogens with one attached hydrogen (secondary N) is 1. The molecular weight excluding hydrogens is 383 g/mol. The third-order valence-corrected chi connectivity index (χ3v) is 4.32. The Hall–Kier alpha value is -1.73. The molecule has 0 spiro atoms. The lowest BCUT2D eigenvalue weighted by atomic mass is 10.0. The molecule has 1 aliphatic rings. The zero-order valence-electron chi connectivity index (χ0n) is 13.8. The first-order valence-electron chi connectivity index (χ1n) is 7.94. The molecule has 2 aromatic carbocycles. The number of hydrogen-bond donors (Lipinski definition) is 1. The van der Waals surface area contributed by atoms with Crippen LogP contribution in [0.1, 0.15) is 17.5 Å². The number of aromatic nitrogens is 1. The number of halogens is 4. The van der Waals surface area contributed by atoms with Crippen LogP contribution in [0.15, 0.2) is 46.9 Å². The Morgan fingerprint density at radius 3 is 2.73 bits per heavy atom. The highest BCUT2D eigenvalue weighted by atomic mass is 35.5. The molecule has 26 heavy (non-hydrogen) atoms. The molecule has 8 heteroatoms. The summed E-state index contributed by atoms with van der Waals surface area (Å²) >= 11 is 0. The van der Waals surface area contributed by atoms with E-state index in [1.165, 1.54) is 18.2 Å². The smallest absolute Gasteiger partial charge is 0.209 e. The minimum Gasteiger partial charge on any atom is -0.439 e. The van der Waals surface area contributed by atoms with Crippen molar-refractivity contribution in [2.75, 3.05) is 19.6 Å². The van der Waals surface area contributed by atoms with Crippen molar-refractivity contribution in [1.82, 2.24) is 15.2 Å². The van der Waals surface area contributed by atoms with Gasteiger partial charge in [-0.05, 0) is 29.8 Å². The van der Waals surface area contributed by atoms with E-state index in [4.69, 9.17) is 4.42 Å². The van der Waals surface area contributed by atoms with E-state index >= 15 is 0 Å². The summed E-state index contributed by atoms with van der Waals surface area (Å²) in [7, 11) is 0. The number of fused-ring (bicyclic) bond motifs is 1. The van der Waals surface area contributed by atoms with Crippen LogP contribution in [0, 0.1) is 11.6 Å². The molecule has 0 aliphatic carbocycles. The number of benzene rings is 2. The molecule has 0 radical (unpaired) electrons. The van der Waals surface area contributed by atoms with E-state index in [2.05, 4.69) is 15.2 Å². The lowest BCUT2D eigenvalue weighted by molar-refractivity contribution is 0.141. The Morgan fingerprint density at radius 2 is 1.92 bits per heavy atom. The van der Waals surface area contributed by atoms with Gasteiger partial charge in [-0.15, -0.1) is 24.8 Å². The third-order valence-electron chi connectivity index (χ3n) is 4.32. The van der Waals surface area contributed by atoms with E-state index in [1.807, 2.05) is 6.07 Å². The average molecular weight is 402 g/mol. The topological polar surface area (TPSA) is 41.3 Å². The minimum atomic E-state index is -0.343. The number of piperazine rings is 1. The SMILES string of the molecule is Cl.Cl.Fc1cccc(C2CNCCN2Cc2nc3ccc(F)cc3o2)c1. The summed E-state index contributed by atoms with van der Waals surface area (Å²) in [5, 5.41) is 3.34. The van der Waals surface area contributed by atoms with Gasteiger partial charge >= 0.3 is 0 Å². The molecule has 1 aliphatic heterocycles. The normalized spacial score (nSPS) is 17.5. The van der Waals surface area contributed by atoms with Gasteiger partial charge in [0.15, 0.2) is 5.58 Å². The van der Waals surface area contributed by atoms with Crippen LogP contribution >= 0.6 is 24.8 Å². The number of oxazole rings is 1. The molecule has 1 unspecified atom stereocenters. The van der Waals surface area contributed by atoms with Gasteiger partial charge in [-0.1, -0.05) is 12.1 Å². The van der Waals surface area contributed by atoms with Crippen LogP contribution in [0.4, 0.5) is 8.78 Å². The van der Waals surface area contributed by atoms with Crippen LogP contribution in [0.25, 0.3) is 11.1 Å². The maximum Gasteiger partial charge on any atom is 0.209 e. The summed E-state index contributed by atoms with van der Waals surface area (Å²) in [6.07, 6.45) is 0. The van der Waals surface area contributed by atoms with Crippen molar-refractivity contribution in [2.45, 2.75) is 12.6 Å². The minimum absolute atomic E-state index is 0. The van der Waals surface area contributed by atoms with Gasteiger partial charge in [-0.25, -0.2) is 13.8 Å². The highest BCUT2D eigenvalue weighted by Gasteiger charge is 2.25. The first kappa shape index (κ1) is 20.6. The number of nitrogens with zero attached hydrogens (tertiary/aromatic N) is 2. The van der Waals surface area contributed by atoms with E-state index in [0.29, 0.717) is 23.5 Å². The van der Waals surface area contributed by atoms with Crippen molar-refractivity contribution in [1.29, 1.82) is 0 Å². The Morgan fingerprint density at radius 1 is 1.12 bits per heavy atom. The van der Waals surface area contributed by atoms with Crippen LogP contribution in [0.5, 0.6) is 0 Å². The molecule has 0 bridgehead atoms. The van der Waals surface area contributed by atoms with Gasteiger partial charge in [-0.3, -0.25) is 4.90 Å². The molecular formula is C18H19Cl2F2N3O. The molecule has 0 amide bonds. The van der Waals surface area contributed by atoms with Crippen molar-refractivity contribution >= 4 is 35.9 Å². The van der Waals surface area contributed by atoms with E-state index in [9.17, 15) is 8.78 Å². The summed E-state index contributed by atoms with van der Waals surface area (Å²) in [5.74, 6) is -0.0423. The highest BCUT2D eigenvalue weighted by Crippen LogP contribution is 2.26. The standard InChI is InChI=1S/C18H17F2N3O.2ClH/c19-13-3-1-2-12(8-13)16-10-21-6-7-23(16)11-18-22-15-5-4-14(20)9-17(15)24-18;;/h1-5,8-9,16,21H,6-7,10-11H2;2*1H. The zero-order chi connectivity index (χ0) is 16.5. The average Bonchev–Trinajstić information content (AvgIpc) is 2.96. The predicted octanol–water partition coefficient (Wildman–Crippen LogP) is 4.10. The Bertz CT molecular complexity index is 875. The van der Waals surface area contributed by atoms with Gasteiger partial charge in [0.25, 0.3) is 0 Å². The monoisotopic (exact) mass is 401 g/mol. The van der Waals surface area contributed by atoms with E-state index in [1.54, 1.807) is 18.2 Å². The van der Waals surface area contributed by atoms with E-state index in [0.717, 1.165) is 25.2 Å². The first-order valence-corrected chi connectivity index (χ1v) is 7.94. The quantitative estimate of drug-likeness (QED) is 0.717. The van der Waals surface area contributed by atoms with Gasteiger partial charge in [0.2, 0.25) is 5.89 Å². The first-order chi connectivity index (χ1) is 11.7. The molecule has 1 N–H and O–H groups in total. The lowest BCUT2D eigenvalue weighted by Crippen LogP contribution is -2.45. The van der Waals surface area contributed by atoms with Crippen LogP contribution in [0.3, 0.4) is 0 Å². The van der Waals surface area contributed by atoms with Crippen LogP contribution in [0.2, 0.25) is 0 Å². The molecule has 140 valence electrons. The fraction of sp³-hybridized carbons (Fsp3) is 0.278. The lowest BCUT2D eigenvalue weighted by Gasteiger charge is -2.35. The second-order valence-electron chi connectivity index (χ2n) is 5.97. The third kappa shape index (κ3) is 4.32. The van der Waals surface area contributed by atoms with Gasteiger partial charge in [0.1, 0.15) is 17.2 Å². The molecule has 1 fully saturated rings. The van der Waals surface area contributed by atoms with Gasteiger partial charge in [0, 0.05) is 31.7 Å². The number of rotatable bonds is 3. The summed E-state index contributed by atoms with van der Waals surface area (Å²) in [6.45, 7) is 2.88. The fourth-order valence-corrected chi connectivity index (χ4v) is 3.17. The van der Waals surface area contributed by atoms with Crippen LogP contribution in [-0.4, -0.2) is 29.5 Å². The molecule has 2 heterocycles. The molecule has 4 nitrogen and oxygen atoms in total. The molecule has 3 aromatic rings. The van der Waals surface area contributed by atoms with Gasteiger partial charge < -0.3 is 9.73 Å². The Labute approximate surface area is 162 Å². The summed E-state index contributed by atoms with van der Waals surface area (Å²) in [4.78, 5) is 6.62. The molecule has 0 saturated carbocycles. The summed E-state index contributed by atoms with van der Waals surface area (Å²) in [5.41, 5.74) is 2.01. The second kappa shape index (κ2) is 8.77. The molecule has 1 aromatic heterocycles. The van der Waals surface area contributed by atoms with E-state index in [-0.39, 0.29) is 42.5 Å². The Balaban J connectivity index is 0.00000121. The second-order valence-corrected chi connectivity index (χ2v) is 5.97. The largest absolute Gasteiger partial charge is 0.439 e.